The molecule has 1 aromatic heterocycles. The minimum atomic E-state index is 0.204. The molecule has 0 aromatic carbocycles. The Morgan fingerprint density at radius 1 is 1.53 bits per heavy atom. The molecule has 0 aliphatic carbocycles. The predicted octanol–water partition coefficient (Wildman–Crippen LogP) is 1.23. The van der Waals surface area contributed by atoms with Gasteiger partial charge in [0.25, 0.3) is 0 Å². The van der Waals surface area contributed by atoms with E-state index in [-0.39, 0.29) is 6.04 Å². The van der Waals surface area contributed by atoms with Crippen LogP contribution in [0.2, 0.25) is 0 Å². The van der Waals surface area contributed by atoms with Crippen molar-refractivity contribution >= 4 is 17.4 Å². The first-order valence-electron chi connectivity index (χ1n) is 5.01. The molecule has 0 radical (unpaired) electrons. The molecular formula is C10H14ClN3O. The van der Waals surface area contributed by atoms with E-state index < -0.39 is 0 Å². The van der Waals surface area contributed by atoms with Crippen molar-refractivity contribution in [3.05, 3.63) is 18.1 Å². The molecule has 0 amide bonds. The Balaban J connectivity index is 2.24. The number of aromatic nitrogens is 2. The fourth-order valence-electron chi connectivity index (χ4n) is 1.74. The highest BCUT2D eigenvalue weighted by molar-refractivity contribution is 6.18. The second kappa shape index (κ2) is 4.77. The van der Waals surface area contributed by atoms with E-state index in [0.717, 1.165) is 24.7 Å². The number of ether oxygens (including phenoxy) is 1. The Hall–Kier alpha value is -0.870. The van der Waals surface area contributed by atoms with Crippen LogP contribution < -0.4 is 4.90 Å². The molecule has 2 heterocycles. The summed E-state index contributed by atoms with van der Waals surface area (Å²) in [5, 5.41) is 0. The van der Waals surface area contributed by atoms with Crippen molar-refractivity contribution in [3.63, 3.8) is 0 Å². The smallest absolute Gasteiger partial charge is 0.150 e. The Morgan fingerprint density at radius 3 is 3.07 bits per heavy atom. The second-order valence-corrected chi connectivity index (χ2v) is 3.85. The number of nitrogens with zero attached hydrogens (tertiary/aromatic N) is 3. The fraction of sp³-hybridized carbons (Fsp3) is 0.600. The van der Waals surface area contributed by atoms with Crippen LogP contribution in [0.4, 0.5) is 5.82 Å². The fourth-order valence-corrected chi connectivity index (χ4v) is 2.00. The number of alkyl halides is 1. The average Bonchev–Trinajstić information content (AvgIpc) is 2.30. The third-order valence-corrected chi connectivity index (χ3v) is 2.89. The topological polar surface area (TPSA) is 38.2 Å². The summed E-state index contributed by atoms with van der Waals surface area (Å²) in [4.78, 5) is 10.8. The summed E-state index contributed by atoms with van der Waals surface area (Å²) in [6, 6.07) is 0.204. The average molecular weight is 228 g/mol. The van der Waals surface area contributed by atoms with Crippen LogP contribution in [0.15, 0.2) is 12.4 Å². The molecule has 4 nitrogen and oxygen atoms in total. The first-order valence-corrected chi connectivity index (χ1v) is 5.54. The maximum atomic E-state index is 5.91. The van der Waals surface area contributed by atoms with E-state index in [2.05, 4.69) is 14.9 Å². The lowest BCUT2D eigenvalue weighted by molar-refractivity contribution is 0.0993. The minimum absolute atomic E-state index is 0.204. The SMILES string of the molecule is Cc1nccnc1N1CCOCC1CCl. The van der Waals surface area contributed by atoms with Crippen molar-refractivity contribution < 1.29 is 4.74 Å². The molecule has 1 aliphatic rings. The lowest BCUT2D eigenvalue weighted by Gasteiger charge is -2.35. The van der Waals surface area contributed by atoms with E-state index in [1.165, 1.54) is 0 Å². The second-order valence-electron chi connectivity index (χ2n) is 3.54. The van der Waals surface area contributed by atoms with Crippen molar-refractivity contribution in [3.8, 4) is 0 Å². The highest BCUT2D eigenvalue weighted by Crippen LogP contribution is 2.19. The normalized spacial score (nSPS) is 21.7. The zero-order valence-electron chi connectivity index (χ0n) is 8.69. The van der Waals surface area contributed by atoms with E-state index >= 15 is 0 Å². The lowest BCUT2D eigenvalue weighted by Crippen LogP contribution is -2.47. The van der Waals surface area contributed by atoms with Gasteiger partial charge in [0.2, 0.25) is 0 Å². The maximum absolute atomic E-state index is 5.91. The van der Waals surface area contributed by atoms with Crippen molar-refractivity contribution in [2.24, 2.45) is 0 Å². The monoisotopic (exact) mass is 227 g/mol. The zero-order chi connectivity index (χ0) is 10.7. The van der Waals surface area contributed by atoms with E-state index in [1.54, 1.807) is 12.4 Å². The van der Waals surface area contributed by atoms with E-state index in [9.17, 15) is 0 Å². The van der Waals surface area contributed by atoms with Gasteiger partial charge >= 0.3 is 0 Å². The number of morpholine rings is 1. The van der Waals surface area contributed by atoms with Crippen LogP contribution in [0.5, 0.6) is 0 Å². The van der Waals surface area contributed by atoms with Crippen LogP contribution in [-0.4, -0.2) is 41.6 Å². The van der Waals surface area contributed by atoms with E-state index in [4.69, 9.17) is 16.3 Å². The first kappa shape index (κ1) is 10.6. The molecule has 1 fully saturated rings. The molecular weight excluding hydrogens is 214 g/mol. The third kappa shape index (κ3) is 2.21. The molecule has 5 heteroatoms. The van der Waals surface area contributed by atoms with Crippen LogP contribution in [0.1, 0.15) is 5.69 Å². The Bertz CT molecular complexity index is 334. The largest absolute Gasteiger partial charge is 0.377 e. The third-order valence-electron chi connectivity index (χ3n) is 2.53. The van der Waals surface area contributed by atoms with Gasteiger partial charge in [-0.25, -0.2) is 4.98 Å². The Labute approximate surface area is 94.2 Å². The summed E-state index contributed by atoms with van der Waals surface area (Å²) in [5.41, 5.74) is 0.939. The van der Waals surface area contributed by atoms with E-state index in [0.29, 0.717) is 12.5 Å². The minimum Gasteiger partial charge on any atom is -0.377 e. The molecule has 1 unspecified atom stereocenters. The van der Waals surface area contributed by atoms with E-state index in [1.807, 2.05) is 6.92 Å². The molecule has 1 atom stereocenters. The summed E-state index contributed by atoms with van der Waals surface area (Å²) < 4.78 is 5.39. The summed E-state index contributed by atoms with van der Waals surface area (Å²) >= 11 is 5.91. The number of rotatable bonds is 2. The quantitative estimate of drug-likeness (QED) is 0.713. The summed E-state index contributed by atoms with van der Waals surface area (Å²) in [5.74, 6) is 1.47. The van der Waals surface area contributed by atoms with Gasteiger partial charge in [-0.15, -0.1) is 11.6 Å². The van der Waals surface area contributed by atoms with Gasteiger partial charge in [-0.2, -0.15) is 0 Å². The number of hydrogen-bond donors (Lipinski definition) is 0. The van der Waals surface area contributed by atoms with Gasteiger partial charge in [-0.05, 0) is 6.92 Å². The van der Waals surface area contributed by atoms with Crippen LogP contribution in [-0.2, 0) is 4.74 Å². The van der Waals surface area contributed by atoms with Crippen molar-refractivity contribution in [2.75, 3.05) is 30.5 Å². The van der Waals surface area contributed by atoms with Gasteiger partial charge in [0.15, 0.2) is 0 Å². The molecule has 82 valence electrons. The van der Waals surface area contributed by atoms with Crippen LogP contribution in [0, 0.1) is 6.92 Å². The van der Waals surface area contributed by atoms with Crippen LogP contribution in [0.3, 0.4) is 0 Å². The first-order chi connectivity index (χ1) is 7.33. The molecule has 0 bridgehead atoms. The highest BCUT2D eigenvalue weighted by atomic mass is 35.5. The Kier molecular flexibility index (Phi) is 3.38. The molecule has 1 aromatic rings. The summed E-state index contributed by atoms with van der Waals surface area (Å²) in [6.07, 6.45) is 3.41. The molecule has 0 spiro atoms. The van der Waals surface area contributed by atoms with Gasteiger partial charge in [-0.1, -0.05) is 0 Å². The number of anilines is 1. The highest BCUT2D eigenvalue weighted by Gasteiger charge is 2.24. The van der Waals surface area contributed by atoms with Crippen LogP contribution in [0.25, 0.3) is 0 Å². The standard InChI is InChI=1S/C10H14ClN3O/c1-8-10(13-3-2-12-8)14-4-5-15-7-9(14)6-11/h2-3,9H,4-7H2,1H3. The summed E-state index contributed by atoms with van der Waals surface area (Å²) in [7, 11) is 0. The van der Waals surface area contributed by atoms with Gasteiger partial charge in [0, 0.05) is 24.8 Å². The van der Waals surface area contributed by atoms with Gasteiger partial charge in [-0.3, -0.25) is 4.98 Å². The molecule has 15 heavy (non-hydrogen) atoms. The Morgan fingerprint density at radius 2 is 2.33 bits per heavy atom. The van der Waals surface area contributed by atoms with Crippen LogP contribution >= 0.6 is 11.6 Å². The molecule has 2 rings (SSSR count). The summed E-state index contributed by atoms with van der Waals surface area (Å²) in [6.45, 7) is 4.18. The molecule has 1 saturated heterocycles. The lowest BCUT2D eigenvalue weighted by atomic mass is 10.2. The van der Waals surface area contributed by atoms with Gasteiger partial charge in [0.05, 0.1) is 24.9 Å². The predicted molar refractivity (Wildman–Crippen MR) is 59.4 cm³/mol. The number of aryl methyl sites for hydroxylation is 1. The number of halogens is 1. The number of hydrogen-bond acceptors (Lipinski definition) is 4. The maximum Gasteiger partial charge on any atom is 0.150 e. The molecule has 0 saturated carbocycles. The van der Waals surface area contributed by atoms with Crippen molar-refractivity contribution in [2.45, 2.75) is 13.0 Å². The van der Waals surface area contributed by atoms with Gasteiger partial charge in [0.1, 0.15) is 5.82 Å². The van der Waals surface area contributed by atoms with Crippen molar-refractivity contribution in [1.29, 1.82) is 0 Å². The molecule has 1 aliphatic heterocycles. The molecule has 0 N–H and O–H groups in total. The zero-order valence-corrected chi connectivity index (χ0v) is 9.44. The van der Waals surface area contributed by atoms with Gasteiger partial charge < -0.3 is 9.64 Å². The van der Waals surface area contributed by atoms with Crippen molar-refractivity contribution in [1.82, 2.24) is 9.97 Å².